The fourth-order valence-electron chi connectivity index (χ4n) is 3.51. The van der Waals surface area contributed by atoms with Crippen molar-refractivity contribution in [2.24, 2.45) is 5.92 Å². The highest BCUT2D eigenvalue weighted by atomic mass is 16.1. The third-order valence-corrected chi connectivity index (χ3v) is 5.04. The van der Waals surface area contributed by atoms with Gasteiger partial charge in [0.05, 0.1) is 0 Å². The second kappa shape index (κ2) is 8.95. The molecule has 0 radical (unpaired) electrons. The van der Waals surface area contributed by atoms with Gasteiger partial charge in [-0.25, -0.2) is 9.97 Å². The third kappa shape index (κ3) is 5.50. The number of nitrogens with one attached hydrogen (secondary N) is 1. The van der Waals surface area contributed by atoms with E-state index < -0.39 is 0 Å². The van der Waals surface area contributed by atoms with Crippen LogP contribution in [0.2, 0.25) is 0 Å². The van der Waals surface area contributed by atoms with E-state index in [0.717, 1.165) is 31.7 Å². The second-order valence-corrected chi connectivity index (χ2v) is 7.61. The van der Waals surface area contributed by atoms with E-state index in [0.29, 0.717) is 18.2 Å². The lowest BCUT2D eigenvalue weighted by atomic mass is 10.1. The van der Waals surface area contributed by atoms with E-state index in [4.69, 9.17) is 5.73 Å². The SMILES string of the molecule is CC(C)c1cc(C(=O)NCCC2CCN(Cc3ccccc3)C2)nc(N)n1. The van der Waals surface area contributed by atoms with Crippen molar-refractivity contribution in [1.29, 1.82) is 0 Å². The van der Waals surface area contributed by atoms with E-state index in [1.807, 2.05) is 19.9 Å². The van der Waals surface area contributed by atoms with Gasteiger partial charge in [-0.05, 0) is 42.9 Å². The van der Waals surface area contributed by atoms with Gasteiger partial charge in [-0.1, -0.05) is 44.2 Å². The van der Waals surface area contributed by atoms with Gasteiger partial charge in [0.1, 0.15) is 5.69 Å². The molecule has 0 saturated carbocycles. The van der Waals surface area contributed by atoms with E-state index in [1.165, 1.54) is 12.0 Å². The fourth-order valence-corrected chi connectivity index (χ4v) is 3.51. The first-order valence-corrected chi connectivity index (χ1v) is 9.70. The van der Waals surface area contributed by atoms with Crippen molar-refractivity contribution in [2.75, 3.05) is 25.4 Å². The van der Waals surface area contributed by atoms with Crippen molar-refractivity contribution in [3.8, 4) is 0 Å². The van der Waals surface area contributed by atoms with E-state index in [1.54, 1.807) is 6.07 Å². The van der Waals surface area contributed by atoms with Crippen LogP contribution in [-0.2, 0) is 6.54 Å². The summed E-state index contributed by atoms with van der Waals surface area (Å²) in [5.41, 5.74) is 8.23. The number of nitrogens with two attached hydrogens (primary N) is 1. The number of amides is 1. The number of carbonyl (C=O) groups excluding carboxylic acids is 1. The number of carbonyl (C=O) groups is 1. The maximum atomic E-state index is 12.4. The van der Waals surface area contributed by atoms with Gasteiger partial charge in [-0.2, -0.15) is 0 Å². The minimum atomic E-state index is -0.176. The van der Waals surface area contributed by atoms with E-state index >= 15 is 0 Å². The number of benzene rings is 1. The molecule has 2 aromatic rings. The summed E-state index contributed by atoms with van der Waals surface area (Å²) in [5, 5.41) is 2.98. The highest BCUT2D eigenvalue weighted by Gasteiger charge is 2.22. The molecule has 1 fully saturated rings. The molecule has 2 heterocycles. The standard InChI is InChI=1S/C21H29N5O/c1-15(2)18-12-19(25-21(22)24-18)20(27)23-10-8-17-9-11-26(14-17)13-16-6-4-3-5-7-16/h3-7,12,15,17H,8-11,13-14H2,1-2H3,(H,23,27)(H2,22,24,25). The van der Waals surface area contributed by atoms with Crippen molar-refractivity contribution in [2.45, 2.75) is 39.2 Å². The normalized spacial score (nSPS) is 17.4. The third-order valence-electron chi connectivity index (χ3n) is 5.04. The lowest BCUT2D eigenvalue weighted by molar-refractivity contribution is 0.0946. The van der Waals surface area contributed by atoms with Crippen LogP contribution in [0.1, 0.15) is 54.4 Å². The van der Waals surface area contributed by atoms with Gasteiger partial charge in [0.2, 0.25) is 5.95 Å². The predicted octanol–water partition coefficient (Wildman–Crippen LogP) is 2.82. The molecule has 6 nitrogen and oxygen atoms in total. The van der Waals surface area contributed by atoms with Crippen LogP contribution in [0.5, 0.6) is 0 Å². The topological polar surface area (TPSA) is 84.1 Å². The van der Waals surface area contributed by atoms with Crippen molar-refractivity contribution in [3.63, 3.8) is 0 Å². The zero-order valence-electron chi connectivity index (χ0n) is 16.2. The summed E-state index contributed by atoms with van der Waals surface area (Å²) in [6.45, 7) is 7.90. The molecule has 144 valence electrons. The van der Waals surface area contributed by atoms with Gasteiger partial charge in [-0.15, -0.1) is 0 Å². The molecule has 3 N–H and O–H groups in total. The number of hydrogen-bond acceptors (Lipinski definition) is 5. The van der Waals surface area contributed by atoms with Gasteiger partial charge in [0.15, 0.2) is 0 Å². The van der Waals surface area contributed by atoms with Gasteiger partial charge in [0.25, 0.3) is 5.91 Å². The average molecular weight is 367 g/mol. The number of hydrogen-bond donors (Lipinski definition) is 2. The number of nitrogens with zero attached hydrogens (tertiary/aromatic N) is 3. The molecule has 1 saturated heterocycles. The van der Waals surface area contributed by atoms with Gasteiger partial charge in [-0.3, -0.25) is 9.69 Å². The molecular formula is C21H29N5O. The number of aromatic nitrogens is 2. The van der Waals surface area contributed by atoms with Crippen molar-refractivity contribution in [1.82, 2.24) is 20.2 Å². The Hall–Kier alpha value is -2.47. The van der Waals surface area contributed by atoms with Crippen molar-refractivity contribution < 1.29 is 4.79 Å². The quantitative estimate of drug-likeness (QED) is 0.786. The molecule has 1 aliphatic rings. The Morgan fingerprint density at radius 1 is 1.30 bits per heavy atom. The Balaban J connectivity index is 1.44. The Labute approximate surface area is 161 Å². The summed E-state index contributed by atoms with van der Waals surface area (Å²) in [4.78, 5) is 23.1. The second-order valence-electron chi connectivity index (χ2n) is 7.61. The monoisotopic (exact) mass is 367 g/mol. The molecule has 0 spiro atoms. The Morgan fingerprint density at radius 3 is 2.81 bits per heavy atom. The molecule has 3 rings (SSSR count). The summed E-state index contributed by atoms with van der Waals surface area (Å²) < 4.78 is 0. The number of rotatable bonds is 7. The highest BCUT2D eigenvalue weighted by Crippen LogP contribution is 2.21. The van der Waals surface area contributed by atoms with Crippen molar-refractivity contribution in [3.05, 3.63) is 53.3 Å². The van der Waals surface area contributed by atoms with Crippen LogP contribution in [0.4, 0.5) is 5.95 Å². The van der Waals surface area contributed by atoms with Gasteiger partial charge >= 0.3 is 0 Å². The van der Waals surface area contributed by atoms with Crippen LogP contribution >= 0.6 is 0 Å². The number of likely N-dealkylation sites (tertiary alicyclic amines) is 1. The fraction of sp³-hybridized carbons (Fsp3) is 0.476. The van der Waals surface area contributed by atoms with Crippen LogP contribution in [0.3, 0.4) is 0 Å². The highest BCUT2D eigenvalue weighted by molar-refractivity contribution is 5.92. The first kappa shape index (κ1) is 19.3. The smallest absolute Gasteiger partial charge is 0.270 e. The van der Waals surface area contributed by atoms with Gasteiger partial charge < -0.3 is 11.1 Å². The molecular weight excluding hydrogens is 338 g/mol. The molecule has 1 aliphatic heterocycles. The summed E-state index contributed by atoms with van der Waals surface area (Å²) in [6.07, 6.45) is 2.16. The molecule has 1 amide bonds. The summed E-state index contributed by atoms with van der Waals surface area (Å²) in [7, 11) is 0. The largest absolute Gasteiger partial charge is 0.368 e. The molecule has 1 unspecified atom stereocenters. The molecule has 1 atom stereocenters. The first-order valence-electron chi connectivity index (χ1n) is 9.70. The average Bonchev–Trinajstić information content (AvgIpc) is 3.09. The summed E-state index contributed by atoms with van der Waals surface area (Å²) in [5.74, 6) is 0.801. The molecule has 1 aromatic heterocycles. The summed E-state index contributed by atoms with van der Waals surface area (Å²) >= 11 is 0. The minimum absolute atomic E-state index is 0.152. The molecule has 1 aromatic carbocycles. The van der Waals surface area contributed by atoms with Gasteiger partial charge in [0, 0.05) is 25.3 Å². The number of nitrogen functional groups attached to an aromatic ring is 1. The lowest BCUT2D eigenvalue weighted by Crippen LogP contribution is -2.28. The van der Waals surface area contributed by atoms with Crippen LogP contribution < -0.4 is 11.1 Å². The maximum absolute atomic E-state index is 12.4. The lowest BCUT2D eigenvalue weighted by Gasteiger charge is -2.16. The zero-order chi connectivity index (χ0) is 19.2. The van der Waals surface area contributed by atoms with Crippen molar-refractivity contribution >= 4 is 11.9 Å². The molecule has 6 heteroatoms. The van der Waals surface area contributed by atoms with Crippen LogP contribution in [-0.4, -0.2) is 40.4 Å². The predicted molar refractivity (Wildman–Crippen MR) is 107 cm³/mol. The zero-order valence-corrected chi connectivity index (χ0v) is 16.2. The Morgan fingerprint density at radius 2 is 2.07 bits per heavy atom. The van der Waals surface area contributed by atoms with E-state index in [9.17, 15) is 4.79 Å². The minimum Gasteiger partial charge on any atom is -0.368 e. The maximum Gasteiger partial charge on any atom is 0.270 e. The first-order chi connectivity index (χ1) is 13.0. The number of anilines is 1. The summed E-state index contributed by atoms with van der Waals surface area (Å²) in [6, 6.07) is 12.3. The Kier molecular flexibility index (Phi) is 6.40. The van der Waals surface area contributed by atoms with E-state index in [2.05, 4.69) is 44.5 Å². The molecule has 0 bridgehead atoms. The van der Waals surface area contributed by atoms with Crippen LogP contribution in [0.15, 0.2) is 36.4 Å². The Bertz CT molecular complexity index is 762. The van der Waals surface area contributed by atoms with Crippen LogP contribution in [0, 0.1) is 5.92 Å². The van der Waals surface area contributed by atoms with E-state index in [-0.39, 0.29) is 17.8 Å². The molecule has 0 aliphatic carbocycles. The molecule has 27 heavy (non-hydrogen) atoms. The van der Waals surface area contributed by atoms with Crippen LogP contribution in [0.25, 0.3) is 0 Å².